The standard InChI is InChI=1S/C17H26N2O4/c20-14-5-3-1-2-4-8-19(14)12-15(21)18-9-6-17(7-10-18)11-13(17)16(22)23/h13H,1-12H2,(H,22,23). The molecule has 1 N–H and O–H groups in total. The number of nitrogens with zero attached hydrogens (tertiary/aromatic N) is 2. The average Bonchev–Trinajstić information content (AvgIpc) is 3.21. The number of carbonyl (C=O) groups is 3. The summed E-state index contributed by atoms with van der Waals surface area (Å²) in [4.78, 5) is 39.2. The third-order valence-electron chi connectivity index (χ3n) is 5.85. The van der Waals surface area contributed by atoms with Crippen LogP contribution in [-0.4, -0.2) is 58.9 Å². The van der Waals surface area contributed by atoms with Crippen LogP contribution in [0.4, 0.5) is 0 Å². The normalized spacial score (nSPS) is 27.5. The highest BCUT2D eigenvalue weighted by molar-refractivity contribution is 5.85. The molecule has 2 heterocycles. The highest BCUT2D eigenvalue weighted by Crippen LogP contribution is 2.59. The zero-order valence-corrected chi connectivity index (χ0v) is 13.6. The Bertz CT molecular complexity index is 497. The van der Waals surface area contributed by atoms with Crippen molar-refractivity contribution in [2.24, 2.45) is 11.3 Å². The quantitative estimate of drug-likeness (QED) is 0.854. The zero-order chi connectivity index (χ0) is 16.4. The van der Waals surface area contributed by atoms with E-state index in [2.05, 4.69) is 0 Å². The number of amides is 2. The predicted molar refractivity (Wildman–Crippen MR) is 83.7 cm³/mol. The fraction of sp³-hybridized carbons (Fsp3) is 0.824. The molecule has 1 spiro atoms. The first kappa shape index (κ1) is 16.3. The van der Waals surface area contributed by atoms with E-state index >= 15 is 0 Å². The molecule has 2 amide bonds. The molecule has 0 bridgehead atoms. The molecule has 3 rings (SSSR count). The molecule has 0 aromatic rings. The van der Waals surface area contributed by atoms with E-state index in [1.165, 1.54) is 0 Å². The number of hydrogen-bond donors (Lipinski definition) is 1. The Morgan fingerprint density at radius 2 is 1.78 bits per heavy atom. The van der Waals surface area contributed by atoms with Crippen LogP contribution in [0.25, 0.3) is 0 Å². The van der Waals surface area contributed by atoms with Gasteiger partial charge in [-0.1, -0.05) is 12.8 Å². The first-order chi connectivity index (χ1) is 11.0. The summed E-state index contributed by atoms with van der Waals surface area (Å²) in [5, 5.41) is 9.12. The number of carbonyl (C=O) groups excluding carboxylic acids is 2. The number of hydrogen-bond acceptors (Lipinski definition) is 3. The second-order valence-electron chi connectivity index (χ2n) is 7.32. The van der Waals surface area contributed by atoms with Gasteiger partial charge in [-0.05, 0) is 37.5 Å². The van der Waals surface area contributed by atoms with Gasteiger partial charge in [-0.25, -0.2) is 0 Å². The first-order valence-electron chi connectivity index (χ1n) is 8.80. The second-order valence-corrected chi connectivity index (χ2v) is 7.32. The van der Waals surface area contributed by atoms with Crippen molar-refractivity contribution in [1.29, 1.82) is 0 Å². The highest BCUT2D eigenvalue weighted by Gasteiger charge is 2.59. The van der Waals surface area contributed by atoms with Gasteiger partial charge in [0.25, 0.3) is 0 Å². The summed E-state index contributed by atoms with van der Waals surface area (Å²) in [6, 6.07) is 0. The van der Waals surface area contributed by atoms with Crippen LogP contribution in [-0.2, 0) is 14.4 Å². The monoisotopic (exact) mass is 322 g/mol. The van der Waals surface area contributed by atoms with Crippen molar-refractivity contribution in [2.75, 3.05) is 26.2 Å². The Morgan fingerprint density at radius 3 is 2.43 bits per heavy atom. The van der Waals surface area contributed by atoms with E-state index in [0.29, 0.717) is 26.1 Å². The predicted octanol–water partition coefficient (Wildman–Crippen LogP) is 1.49. The lowest BCUT2D eigenvalue weighted by molar-refractivity contribution is -0.142. The van der Waals surface area contributed by atoms with Gasteiger partial charge in [-0.3, -0.25) is 14.4 Å². The third-order valence-corrected chi connectivity index (χ3v) is 5.85. The van der Waals surface area contributed by atoms with Gasteiger partial charge < -0.3 is 14.9 Å². The third kappa shape index (κ3) is 3.51. The molecule has 2 saturated heterocycles. The molecule has 6 heteroatoms. The topological polar surface area (TPSA) is 77.9 Å². The summed E-state index contributed by atoms with van der Waals surface area (Å²) >= 11 is 0. The Kier molecular flexibility index (Phi) is 4.60. The summed E-state index contributed by atoms with van der Waals surface area (Å²) < 4.78 is 0. The summed E-state index contributed by atoms with van der Waals surface area (Å²) in [6.45, 7) is 2.13. The van der Waals surface area contributed by atoms with Crippen molar-refractivity contribution < 1.29 is 19.5 Å². The fourth-order valence-electron chi connectivity index (χ4n) is 4.10. The summed E-state index contributed by atoms with van der Waals surface area (Å²) in [6.07, 6.45) is 7.00. The lowest BCUT2D eigenvalue weighted by atomic mass is 9.91. The Morgan fingerprint density at radius 1 is 1.09 bits per heavy atom. The van der Waals surface area contributed by atoms with Crippen molar-refractivity contribution in [3.05, 3.63) is 0 Å². The van der Waals surface area contributed by atoms with E-state index in [-0.39, 0.29) is 29.7 Å². The molecule has 1 aliphatic carbocycles. The molecule has 3 fully saturated rings. The zero-order valence-electron chi connectivity index (χ0n) is 13.6. The van der Waals surface area contributed by atoms with Crippen LogP contribution in [0.1, 0.15) is 51.4 Å². The maximum atomic E-state index is 12.5. The minimum absolute atomic E-state index is 0.0151. The van der Waals surface area contributed by atoms with Crippen molar-refractivity contribution in [1.82, 2.24) is 9.80 Å². The lowest BCUT2D eigenvalue weighted by Crippen LogP contribution is -2.46. The van der Waals surface area contributed by atoms with Crippen LogP contribution in [0.3, 0.4) is 0 Å². The van der Waals surface area contributed by atoms with Crippen molar-refractivity contribution in [3.8, 4) is 0 Å². The van der Waals surface area contributed by atoms with Gasteiger partial charge >= 0.3 is 5.97 Å². The molecular formula is C17H26N2O4. The van der Waals surface area contributed by atoms with Gasteiger partial charge in [0.2, 0.25) is 11.8 Å². The smallest absolute Gasteiger partial charge is 0.307 e. The molecule has 0 aromatic carbocycles. The summed E-state index contributed by atoms with van der Waals surface area (Å²) in [5.74, 6) is -0.798. The van der Waals surface area contributed by atoms with Crippen LogP contribution >= 0.6 is 0 Å². The van der Waals surface area contributed by atoms with Crippen LogP contribution in [0.15, 0.2) is 0 Å². The molecule has 1 saturated carbocycles. The molecule has 1 atom stereocenters. The number of carboxylic acid groups (broad SMARTS) is 1. The maximum Gasteiger partial charge on any atom is 0.307 e. The largest absolute Gasteiger partial charge is 0.481 e. The number of aliphatic carboxylic acids is 1. The minimum atomic E-state index is -0.698. The van der Waals surface area contributed by atoms with E-state index in [9.17, 15) is 14.4 Å². The Hall–Kier alpha value is -1.59. The average molecular weight is 322 g/mol. The van der Waals surface area contributed by atoms with Crippen LogP contribution in [0.2, 0.25) is 0 Å². The number of likely N-dealkylation sites (tertiary alicyclic amines) is 2. The fourth-order valence-corrected chi connectivity index (χ4v) is 4.10. The summed E-state index contributed by atoms with van der Waals surface area (Å²) in [5.41, 5.74) is -0.0566. The van der Waals surface area contributed by atoms with Crippen molar-refractivity contribution in [3.63, 3.8) is 0 Å². The van der Waals surface area contributed by atoms with E-state index in [1.54, 1.807) is 4.90 Å². The first-order valence-corrected chi connectivity index (χ1v) is 8.80. The van der Waals surface area contributed by atoms with Crippen molar-refractivity contribution >= 4 is 17.8 Å². The molecule has 23 heavy (non-hydrogen) atoms. The molecule has 1 unspecified atom stereocenters. The SMILES string of the molecule is O=C(O)C1CC12CCN(C(=O)CN1CCCCCCC1=O)CC2. The van der Waals surface area contributed by atoms with E-state index in [4.69, 9.17) is 5.11 Å². The number of rotatable bonds is 3. The van der Waals surface area contributed by atoms with Gasteiger partial charge in [0, 0.05) is 26.1 Å². The molecule has 3 aliphatic rings. The van der Waals surface area contributed by atoms with Gasteiger partial charge in [-0.15, -0.1) is 0 Å². The lowest BCUT2D eigenvalue weighted by Gasteiger charge is -2.34. The Balaban J connectivity index is 1.49. The molecule has 6 nitrogen and oxygen atoms in total. The second kappa shape index (κ2) is 6.49. The molecule has 0 aromatic heterocycles. The molecule has 0 radical (unpaired) electrons. The summed E-state index contributed by atoms with van der Waals surface area (Å²) in [7, 11) is 0. The van der Waals surface area contributed by atoms with Crippen molar-refractivity contribution in [2.45, 2.75) is 51.4 Å². The number of piperidine rings is 1. The Labute approximate surface area is 136 Å². The highest BCUT2D eigenvalue weighted by atomic mass is 16.4. The van der Waals surface area contributed by atoms with E-state index in [1.807, 2.05) is 4.90 Å². The number of carboxylic acids is 1. The van der Waals surface area contributed by atoms with Gasteiger partial charge in [0.05, 0.1) is 12.5 Å². The molecule has 2 aliphatic heterocycles. The van der Waals surface area contributed by atoms with Crippen LogP contribution in [0.5, 0.6) is 0 Å². The van der Waals surface area contributed by atoms with Gasteiger partial charge in [0.15, 0.2) is 0 Å². The molecule has 128 valence electrons. The maximum absolute atomic E-state index is 12.5. The minimum Gasteiger partial charge on any atom is -0.481 e. The van der Waals surface area contributed by atoms with Gasteiger partial charge in [-0.2, -0.15) is 0 Å². The van der Waals surface area contributed by atoms with E-state index < -0.39 is 5.97 Å². The van der Waals surface area contributed by atoms with Crippen LogP contribution < -0.4 is 0 Å². The molecular weight excluding hydrogens is 296 g/mol. The van der Waals surface area contributed by atoms with E-state index in [0.717, 1.165) is 44.9 Å². The van der Waals surface area contributed by atoms with Crippen LogP contribution in [0, 0.1) is 11.3 Å². The van der Waals surface area contributed by atoms with Gasteiger partial charge in [0.1, 0.15) is 0 Å².